The van der Waals surface area contributed by atoms with E-state index in [1.807, 2.05) is 0 Å². The Morgan fingerprint density at radius 2 is 1.78 bits per heavy atom. The highest BCUT2D eigenvalue weighted by Crippen LogP contribution is 2.18. The maximum Gasteiger partial charge on any atom is 0.336 e. The summed E-state index contributed by atoms with van der Waals surface area (Å²) in [6.45, 7) is 1.31. The van der Waals surface area contributed by atoms with Crippen LogP contribution in [-0.4, -0.2) is 35.0 Å². The molecule has 1 aliphatic rings. The predicted molar refractivity (Wildman–Crippen MR) is 67.4 cm³/mol. The minimum absolute atomic E-state index is 0.295. The number of anilines is 1. The van der Waals surface area contributed by atoms with E-state index in [2.05, 4.69) is 0 Å². The highest BCUT2D eigenvalue weighted by Gasteiger charge is 2.30. The van der Waals surface area contributed by atoms with Gasteiger partial charge in [0.15, 0.2) is 0 Å². The maximum atomic E-state index is 12.3. The van der Waals surface area contributed by atoms with Crippen LogP contribution in [-0.2, 0) is 0 Å². The molecule has 0 aromatic heterocycles. The second-order valence-electron chi connectivity index (χ2n) is 4.20. The summed E-state index contributed by atoms with van der Waals surface area (Å²) in [4.78, 5) is 23.8. The molecule has 0 radical (unpaired) electrons. The summed E-state index contributed by atoms with van der Waals surface area (Å²) in [6, 6.07) is 5.87. The number of nitrogen functional groups attached to an aromatic ring is 1. The Hall–Kier alpha value is -2.08. The quantitative estimate of drug-likeness (QED) is 0.757. The predicted octanol–water partition coefficient (Wildman–Crippen LogP) is 0.801. The molecule has 0 atom stereocenters. The first kappa shape index (κ1) is 12.4. The number of carbonyl (C=O) groups excluding carboxylic acids is 2. The third kappa shape index (κ3) is 2.28. The number of hydrogen-bond acceptors (Lipinski definition) is 4. The number of nitrogens with two attached hydrogens (primary N) is 2. The number of carbonyl (C=O) groups is 2. The lowest BCUT2D eigenvalue weighted by molar-refractivity contribution is 0.0292. The van der Waals surface area contributed by atoms with Crippen LogP contribution in [0.15, 0.2) is 24.3 Å². The molecule has 1 saturated heterocycles. The van der Waals surface area contributed by atoms with Gasteiger partial charge in [-0.05, 0) is 25.0 Å². The lowest BCUT2D eigenvalue weighted by atomic mass is 10.1. The van der Waals surface area contributed by atoms with E-state index in [0.29, 0.717) is 24.3 Å². The molecule has 0 bridgehead atoms. The van der Waals surface area contributed by atoms with E-state index in [4.69, 9.17) is 11.5 Å². The van der Waals surface area contributed by atoms with Gasteiger partial charge in [0.2, 0.25) is 0 Å². The van der Waals surface area contributed by atoms with Crippen molar-refractivity contribution in [2.75, 3.05) is 18.8 Å². The van der Waals surface area contributed by atoms with Crippen LogP contribution in [0.25, 0.3) is 0 Å². The van der Waals surface area contributed by atoms with E-state index >= 15 is 0 Å². The molecule has 0 spiro atoms. The minimum Gasteiger partial charge on any atom is -0.398 e. The molecule has 3 amide bonds. The summed E-state index contributed by atoms with van der Waals surface area (Å²) >= 11 is 0. The number of para-hydroxylation sites is 1. The van der Waals surface area contributed by atoms with E-state index in [0.717, 1.165) is 17.9 Å². The van der Waals surface area contributed by atoms with Crippen LogP contribution in [0.3, 0.4) is 0 Å². The lowest BCUT2D eigenvalue weighted by Crippen LogP contribution is -2.51. The number of urea groups is 1. The number of hydrazine groups is 1. The van der Waals surface area contributed by atoms with Crippen molar-refractivity contribution in [3.8, 4) is 0 Å². The number of primary amides is 1. The SMILES string of the molecule is NC(=O)N(C(=O)c1ccccc1N)N1CCCC1. The fourth-order valence-electron chi connectivity index (χ4n) is 2.07. The number of rotatable bonds is 2. The summed E-state index contributed by atoms with van der Waals surface area (Å²) in [6.07, 6.45) is 1.89. The molecule has 6 heteroatoms. The number of imide groups is 1. The van der Waals surface area contributed by atoms with Crippen LogP contribution in [0.1, 0.15) is 23.2 Å². The molecular formula is C12H16N4O2. The van der Waals surface area contributed by atoms with Gasteiger partial charge in [0, 0.05) is 18.8 Å². The molecule has 1 aliphatic heterocycles. The fraction of sp³-hybridized carbons (Fsp3) is 0.333. The topological polar surface area (TPSA) is 92.7 Å². The van der Waals surface area contributed by atoms with E-state index < -0.39 is 11.9 Å². The molecule has 1 aromatic carbocycles. The van der Waals surface area contributed by atoms with E-state index in [1.165, 1.54) is 0 Å². The number of benzene rings is 1. The van der Waals surface area contributed by atoms with Crippen molar-refractivity contribution in [1.82, 2.24) is 10.0 Å². The monoisotopic (exact) mass is 248 g/mol. The fourth-order valence-corrected chi connectivity index (χ4v) is 2.07. The van der Waals surface area contributed by atoms with Gasteiger partial charge >= 0.3 is 6.03 Å². The molecule has 1 fully saturated rings. The zero-order valence-corrected chi connectivity index (χ0v) is 10.0. The van der Waals surface area contributed by atoms with Gasteiger partial charge in [-0.3, -0.25) is 4.79 Å². The first-order valence-corrected chi connectivity index (χ1v) is 5.84. The Kier molecular flexibility index (Phi) is 3.47. The molecule has 1 aromatic rings. The summed E-state index contributed by atoms with van der Waals surface area (Å²) < 4.78 is 0. The molecule has 2 rings (SSSR count). The number of amides is 3. The zero-order valence-electron chi connectivity index (χ0n) is 10.0. The van der Waals surface area contributed by atoms with Crippen LogP contribution >= 0.6 is 0 Å². The second-order valence-corrected chi connectivity index (χ2v) is 4.20. The Morgan fingerprint density at radius 3 is 2.33 bits per heavy atom. The molecule has 0 aliphatic carbocycles. The van der Waals surface area contributed by atoms with Gasteiger partial charge in [0.05, 0.1) is 5.56 Å². The van der Waals surface area contributed by atoms with Crippen molar-refractivity contribution in [2.45, 2.75) is 12.8 Å². The van der Waals surface area contributed by atoms with Gasteiger partial charge < -0.3 is 11.5 Å². The van der Waals surface area contributed by atoms with Gasteiger partial charge in [0.1, 0.15) is 0 Å². The Balaban J connectivity index is 2.29. The molecule has 18 heavy (non-hydrogen) atoms. The average molecular weight is 248 g/mol. The first-order chi connectivity index (χ1) is 8.61. The zero-order chi connectivity index (χ0) is 13.1. The van der Waals surface area contributed by atoms with Crippen molar-refractivity contribution in [3.63, 3.8) is 0 Å². The number of hydrogen-bond donors (Lipinski definition) is 2. The van der Waals surface area contributed by atoms with Crippen molar-refractivity contribution in [3.05, 3.63) is 29.8 Å². The standard InChI is InChI=1S/C12H16N4O2/c13-10-6-2-1-5-9(10)11(17)16(12(14)18)15-7-3-4-8-15/h1-2,5-6H,3-4,7-8,13H2,(H2,14,18). The van der Waals surface area contributed by atoms with Crippen LogP contribution in [0.5, 0.6) is 0 Å². The Bertz CT molecular complexity index is 469. The van der Waals surface area contributed by atoms with Gasteiger partial charge in [0.25, 0.3) is 5.91 Å². The Morgan fingerprint density at radius 1 is 1.17 bits per heavy atom. The molecule has 4 N–H and O–H groups in total. The van der Waals surface area contributed by atoms with Gasteiger partial charge in [-0.1, -0.05) is 12.1 Å². The van der Waals surface area contributed by atoms with Crippen molar-refractivity contribution in [2.24, 2.45) is 5.73 Å². The molecular weight excluding hydrogens is 232 g/mol. The smallest absolute Gasteiger partial charge is 0.336 e. The lowest BCUT2D eigenvalue weighted by Gasteiger charge is -2.28. The summed E-state index contributed by atoms with van der Waals surface area (Å²) in [5, 5.41) is 2.65. The average Bonchev–Trinajstić information content (AvgIpc) is 2.82. The maximum absolute atomic E-state index is 12.3. The minimum atomic E-state index is -0.773. The highest BCUT2D eigenvalue weighted by molar-refractivity contribution is 6.06. The Labute approximate surface area is 105 Å². The van der Waals surface area contributed by atoms with Crippen molar-refractivity contribution < 1.29 is 9.59 Å². The summed E-state index contributed by atoms with van der Waals surface area (Å²) in [7, 11) is 0. The first-order valence-electron chi connectivity index (χ1n) is 5.84. The van der Waals surface area contributed by atoms with E-state index in [1.54, 1.807) is 29.3 Å². The summed E-state index contributed by atoms with van der Waals surface area (Å²) in [5.41, 5.74) is 11.7. The normalized spacial score (nSPS) is 15.6. The second kappa shape index (κ2) is 5.05. The molecule has 1 heterocycles. The van der Waals surface area contributed by atoms with Crippen LogP contribution in [0, 0.1) is 0 Å². The van der Waals surface area contributed by atoms with Crippen LogP contribution in [0.2, 0.25) is 0 Å². The van der Waals surface area contributed by atoms with Crippen LogP contribution < -0.4 is 11.5 Å². The van der Waals surface area contributed by atoms with Gasteiger partial charge in [-0.2, -0.15) is 5.01 Å². The third-order valence-electron chi connectivity index (χ3n) is 2.96. The largest absolute Gasteiger partial charge is 0.398 e. The number of nitrogens with zero attached hydrogens (tertiary/aromatic N) is 2. The highest BCUT2D eigenvalue weighted by atomic mass is 16.2. The van der Waals surface area contributed by atoms with E-state index in [9.17, 15) is 9.59 Å². The molecule has 96 valence electrons. The van der Waals surface area contributed by atoms with Crippen molar-refractivity contribution >= 4 is 17.6 Å². The molecule has 0 unspecified atom stereocenters. The van der Waals surface area contributed by atoms with E-state index in [-0.39, 0.29) is 0 Å². The molecule has 0 saturated carbocycles. The molecule has 6 nitrogen and oxygen atoms in total. The summed E-state index contributed by atoms with van der Waals surface area (Å²) in [5.74, 6) is -0.470. The van der Waals surface area contributed by atoms with Crippen molar-refractivity contribution in [1.29, 1.82) is 0 Å². The third-order valence-corrected chi connectivity index (χ3v) is 2.96. The van der Waals surface area contributed by atoms with Gasteiger partial charge in [-0.15, -0.1) is 0 Å². The van der Waals surface area contributed by atoms with Gasteiger partial charge in [-0.25, -0.2) is 9.80 Å². The van der Waals surface area contributed by atoms with Crippen LogP contribution in [0.4, 0.5) is 10.5 Å².